The molecule has 4 rings (SSSR count). The van der Waals surface area contributed by atoms with E-state index in [2.05, 4.69) is 20.6 Å². The number of pyridine rings is 2. The fourth-order valence-electron chi connectivity index (χ4n) is 2.92. The van der Waals surface area contributed by atoms with Crippen LogP contribution in [0.4, 0.5) is 17.1 Å². The molecule has 0 spiro atoms. The number of benzene rings is 2. The first-order valence-electron chi connectivity index (χ1n) is 8.74. The van der Waals surface area contributed by atoms with Gasteiger partial charge in [0.1, 0.15) is 5.69 Å². The molecule has 2 heterocycles. The Morgan fingerprint density at radius 3 is 2.61 bits per heavy atom. The number of nitrogens with one attached hydrogen (secondary N) is 2. The van der Waals surface area contributed by atoms with Crippen LogP contribution in [0.15, 0.2) is 73.1 Å². The molecule has 0 atom stereocenters. The molecule has 0 saturated heterocycles. The van der Waals surface area contributed by atoms with Crippen molar-refractivity contribution in [3.63, 3.8) is 0 Å². The maximum atomic E-state index is 12.6. The number of hydrogen-bond donors (Lipinski definition) is 2. The monoisotopic (exact) mass is 388 g/mol. The van der Waals surface area contributed by atoms with Gasteiger partial charge in [0, 0.05) is 22.3 Å². The van der Waals surface area contributed by atoms with E-state index >= 15 is 0 Å². The summed E-state index contributed by atoms with van der Waals surface area (Å²) in [5, 5.41) is 7.82. The summed E-state index contributed by atoms with van der Waals surface area (Å²) in [7, 11) is 0. The van der Waals surface area contributed by atoms with E-state index in [0.29, 0.717) is 16.4 Å². The number of rotatable bonds is 4. The molecule has 0 saturated carbocycles. The summed E-state index contributed by atoms with van der Waals surface area (Å²) in [6, 6.07) is 18.6. The van der Waals surface area contributed by atoms with Crippen LogP contribution < -0.4 is 10.6 Å². The number of anilines is 3. The molecule has 0 unspecified atom stereocenters. The molecule has 0 radical (unpaired) electrons. The van der Waals surface area contributed by atoms with Gasteiger partial charge in [0.25, 0.3) is 5.91 Å². The largest absolute Gasteiger partial charge is 0.354 e. The quantitative estimate of drug-likeness (QED) is 0.478. The predicted molar refractivity (Wildman–Crippen MR) is 113 cm³/mol. The summed E-state index contributed by atoms with van der Waals surface area (Å²) in [5.41, 5.74) is 4.47. The highest BCUT2D eigenvalue weighted by Gasteiger charge is 2.10. The van der Waals surface area contributed by atoms with E-state index in [1.54, 1.807) is 18.5 Å². The third-order valence-corrected chi connectivity index (χ3v) is 4.58. The molecule has 4 aromatic rings. The van der Waals surface area contributed by atoms with Gasteiger partial charge in [0.15, 0.2) is 0 Å². The van der Waals surface area contributed by atoms with Crippen molar-refractivity contribution < 1.29 is 4.79 Å². The summed E-state index contributed by atoms with van der Waals surface area (Å²) in [4.78, 5) is 21.2. The lowest BCUT2D eigenvalue weighted by atomic mass is 10.2. The maximum Gasteiger partial charge on any atom is 0.274 e. The Morgan fingerprint density at radius 1 is 0.964 bits per heavy atom. The first-order valence-corrected chi connectivity index (χ1v) is 9.12. The van der Waals surface area contributed by atoms with Crippen LogP contribution in [0.3, 0.4) is 0 Å². The number of carbonyl (C=O) groups is 1. The average molecular weight is 389 g/mol. The van der Waals surface area contributed by atoms with Crippen molar-refractivity contribution in [1.29, 1.82) is 0 Å². The van der Waals surface area contributed by atoms with Crippen molar-refractivity contribution in [2.24, 2.45) is 0 Å². The Hall–Kier alpha value is -3.44. The van der Waals surface area contributed by atoms with Gasteiger partial charge in [0.2, 0.25) is 0 Å². The van der Waals surface area contributed by atoms with Gasteiger partial charge < -0.3 is 10.6 Å². The molecule has 1 amide bonds. The Balaban J connectivity index is 1.51. The number of para-hydroxylation sites is 1. The van der Waals surface area contributed by atoms with Gasteiger partial charge >= 0.3 is 0 Å². The Morgan fingerprint density at radius 2 is 1.82 bits per heavy atom. The molecule has 0 aliphatic rings. The van der Waals surface area contributed by atoms with Crippen LogP contribution >= 0.6 is 11.6 Å². The van der Waals surface area contributed by atoms with Gasteiger partial charge in [-0.25, -0.2) is 4.98 Å². The molecule has 0 aliphatic heterocycles. The molecule has 0 fully saturated rings. The Kier molecular flexibility index (Phi) is 4.91. The van der Waals surface area contributed by atoms with Gasteiger partial charge in [-0.1, -0.05) is 29.8 Å². The SMILES string of the molecule is Cc1cc(Cl)ccc1Nc1ccc(C(=O)Nc2cccc3cccnc23)nc1. The van der Waals surface area contributed by atoms with E-state index in [1.807, 2.05) is 61.5 Å². The fourth-order valence-corrected chi connectivity index (χ4v) is 3.14. The van der Waals surface area contributed by atoms with Crippen molar-refractivity contribution in [3.8, 4) is 0 Å². The van der Waals surface area contributed by atoms with Crippen molar-refractivity contribution >= 4 is 45.5 Å². The second kappa shape index (κ2) is 7.66. The molecule has 5 nitrogen and oxygen atoms in total. The number of nitrogens with zero attached hydrogens (tertiary/aromatic N) is 2. The minimum Gasteiger partial charge on any atom is -0.354 e. The van der Waals surface area contributed by atoms with Crippen molar-refractivity contribution in [3.05, 3.63) is 89.3 Å². The van der Waals surface area contributed by atoms with Crippen LogP contribution in [0.2, 0.25) is 5.02 Å². The van der Waals surface area contributed by atoms with Gasteiger partial charge in [0.05, 0.1) is 23.1 Å². The van der Waals surface area contributed by atoms with Crippen LogP contribution in [0, 0.1) is 6.92 Å². The van der Waals surface area contributed by atoms with Crippen LogP contribution in [0.25, 0.3) is 10.9 Å². The molecular weight excluding hydrogens is 372 g/mol. The molecule has 6 heteroatoms. The lowest BCUT2D eigenvalue weighted by Crippen LogP contribution is -2.14. The smallest absolute Gasteiger partial charge is 0.274 e. The minimum absolute atomic E-state index is 0.285. The van der Waals surface area contributed by atoms with Crippen molar-refractivity contribution in [2.75, 3.05) is 10.6 Å². The third kappa shape index (κ3) is 3.80. The second-order valence-electron chi connectivity index (χ2n) is 6.35. The number of amides is 1. The summed E-state index contributed by atoms with van der Waals surface area (Å²) in [6.07, 6.45) is 3.33. The maximum absolute atomic E-state index is 12.6. The van der Waals surface area contributed by atoms with E-state index in [4.69, 9.17) is 11.6 Å². The molecular formula is C22H17ClN4O. The Labute approximate surface area is 167 Å². The Bertz CT molecular complexity index is 1150. The number of halogens is 1. The lowest BCUT2D eigenvalue weighted by molar-refractivity contribution is 0.102. The van der Waals surface area contributed by atoms with Gasteiger partial charge in [-0.2, -0.15) is 0 Å². The number of hydrogen-bond acceptors (Lipinski definition) is 4. The molecule has 28 heavy (non-hydrogen) atoms. The summed E-state index contributed by atoms with van der Waals surface area (Å²) < 4.78 is 0. The first kappa shape index (κ1) is 17.9. The zero-order chi connectivity index (χ0) is 19.5. The van der Waals surface area contributed by atoms with Gasteiger partial charge in [-0.3, -0.25) is 9.78 Å². The van der Waals surface area contributed by atoms with Crippen molar-refractivity contribution in [1.82, 2.24) is 9.97 Å². The molecule has 2 N–H and O–H groups in total. The zero-order valence-corrected chi connectivity index (χ0v) is 15.9. The second-order valence-corrected chi connectivity index (χ2v) is 6.79. The van der Waals surface area contributed by atoms with E-state index in [0.717, 1.165) is 27.8 Å². The van der Waals surface area contributed by atoms with Crippen LogP contribution in [-0.4, -0.2) is 15.9 Å². The molecule has 2 aromatic carbocycles. The zero-order valence-electron chi connectivity index (χ0n) is 15.1. The highest BCUT2D eigenvalue weighted by atomic mass is 35.5. The first-order chi connectivity index (χ1) is 13.6. The van der Waals surface area contributed by atoms with E-state index in [-0.39, 0.29) is 5.91 Å². The van der Waals surface area contributed by atoms with Gasteiger partial charge in [-0.15, -0.1) is 0 Å². The highest BCUT2D eigenvalue weighted by molar-refractivity contribution is 6.30. The lowest BCUT2D eigenvalue weighted by Gasteiger charge is -2.11. The van der Waals surface area contributed by atoms with E-state index < -0.39 is 0 Å². The van der Waals surface area contributed by atoms with Crippen LogP contribution in [0.1, 0.15) is 16.1 Å². The summed E-state index contributed by atoms with van der Waals surface area (Å²) in [5.74, 6) is -0.285. The van der Waals surface area contributed by atoms with E-state index in [9.17, 15) is 4.79 Å². The number of aryl methyl sites for hydroxylation is 1. The number of carbonyl (C=O) groups excluding carboxylic acids is 1. The van der Waals surface area contributed by atoms with Crippen LogP contribution in [0.5, 0.6) is 0 Å². The normalized spacial score (nSPS) is 10.6. The highest BCUT2D eigenvalue weighted by Crippen LogP contribution is 2.24. The summed E-state index contributed by atoms with van der Waals surface area (Å²) in [6.45, 7) is 1.97. The topological polar surface area (TPSA) is 66.9 Å². The average Bonchev–Trinajstić information content (AvgIpc) is 2.71. The molecule has 2 aromatic heterocycles. The molecule has 138 valence electrons. The molecule has 0 aliphatic carbocycles. The minimum atomic E-state index is -0.285. The third-order valence-electron chi connectivity index (χ3n) is 4.34. The van der Waals surface area contributed by atoms with Gasteiger partial charge in [-0.05, 0) is 55.0 Å². The fraction of sp³-hybridized carbons (Fsp3) is 0.0455. The molecule has 0 bridgehead atoms. The summed E-state index contributed by atoms with van der Waals surface area (Å²) >= 11 is 5.99. The van der Waals surface area contributed by atoms with Crippen molar-refractivity contribution in [2.45, 2.75) is 6.92 Å². The predicted octanol–water partition coefficient (Wildman–Crippen LogP) is 5.59. The van der Waals surface area contributed by atoms with Crippen LogP contribution in [-0.2, 0) is 0 Å². The number of fused-ring (bicyclic) bond motifs is 1. The van der Waals surface area contributed by atoms with E-state index in [1.165, 1.54) is 0 Å². The standard InChI is InChI=1S/C22H17ClN4O/c1-14-12-16(23)7-9-18(14)26-17-8-10-20(25-13-17)22(28)27-19-6-2-4-15-5-3-11-24-21(15)19/h2-13,26H,1H3,(H,27,28). The number of aromatic nitrogens is 2.